The van der Waals surface area contributed by atoms with Crippen LogP contribution in [0.4, 0.5) is 4.39 Å². The SMILES string of the molecule is CNCc1cn(Cc2cc(F)ccc2C)c2ccccc12. The number of aromatic nitrogens is 1. The van der Waals surface area contributed by atoms with E-state index in [2.05, 4.69) is 34.3 Å². The molecule has 2 nitrogen and oxygen atoms in total. The number of halogens is 1. The van der Waals surface area contributed by atoms with Gasteiger partial charge in [-0.15, -0.1) is 0 Å². The van der Waals surface area contributed by atoms with Crippen LogP contribution in [0.2, 0.25) is 0 Å². The molecule has 1 heterocycles. The molecule has 0 aliphatic carbocycles. The smallest absolute Gasteiger partial charge is 0.123 e. The molecule has 0 spiro atoms. The average Bonchev–Trinajstić information content (AvgIpc) is 2.82. The van der Waals surface area contributed by atoms with Gasteiger partial charge in [0.05, 0.1) is 0 Å². The Balaban J connectivity index is 2.06. The summed E-state index contributed by atoms with van der Waals surface area (Å²) in [4.78, 5) is 0. The van der Waals surface area contributed by atoms with Gasteiger partial charge >= 0.3 is 0 Å². The molecule has 0 radical (unpaired) electrons. The summed E-state index contributed by atoms with van der Waals surface area (Å²) in [5, 5.41) is 4.45. The van der Waals surface area contributed by atoms with E-state index in [0.29, 0.717) is 6.54 Å². The van der Waals surface area contributed by atoms with E-state index in [9.17, 15) is 4.39 Å². The molecule has 0 amide bonds. The molecule has 0 aliphatic heterocycles. The fourth-order valence-electron chi connectivity index (χ4n) is 2.78. The van der Waals surface area contributed by atoms with Gasteiger partial charge in [0.1, 0.15) is 5.82 Å². The van der Waals surface area contributed by atoms with Crippen LogP contribution < -0.4 is 5.32 Å². The quantitative estimate of drug-likeness (QED) is 0.769. The zero-order chi connectivity index (χ0) is 14.8. The number of hydrogen-bond donors (Lipinski definition) is 1. The number of nitrogens with one attached hydrogen (secondary N) is 1. The van der Waals surface area contributed by atoms with E-state index in [1.165, 1.54) is 22.5 Å². The molecule has 3 rings (SSSR count). The first-order valence-corrected chi connectivity index (χ1v) is 7.15. The summed E-state index contributed by atoms with van der Waals surface area (Å²) in [6, 6.07) is 13.3. The van der Waals surface area contributed by atoms with Crippen LogP contribution in [0.5, 0.6) is 0 Å². The van der Waals surface area contributed by atoms with Crippen LogP contribution in [0, 0.1) is 12.7 Å². The third-order valence-corrected chi connectivity index (χ3v) is 3.89. The van der Waals surface area contributed by atoms with Crippen molar-refractivity contribution in [1.82, 2.24) is 9.88 Å². The fourth-order valence-corrected chi connectivity index (χ4v) is 2.78. The molecule has 0 fully saturated rings. The maximum absolute atomic E-state index is 13.5. The molecular formula is C18H19FN2. The highest BCUT2D eigenvalue weighted by Gasteiger charge is 2.09. The van der Waals surface area contributed by atoms with Crippen molar-refractivity contribution in [3.05, 3.63) is 71.2 Å². The van der Waals surface area contributed by atoms with Crippen molar-refractivity contribution in [2.45, 2.75) is 20.0 Å². The highest BCUT2D eigenvalue weighted by molar-refractivity contribution is 5.84. The van der Waals surface area contributed by atoms with Crippen LogP contribution in [0.15, 0.2) is 48.7 Å². The molecule has 1 N–H and O–H groups in total. The first-order valence-electron chi connectivity index (χ1n) is 7.15. The van der Waals surface area contributed by atoms with Gasteiger partial charge in [-0.3, -0.25) is 0 Å². The Labute approximate surface area is 124 Å². The van der Waals surface area contributed by atoms with Crippen molar-refractivity contribution in [1.29, 1.82) is 0 Å². The molecule has 0 saturated heterocycles. The van der Waals surface area contributed by atoms with Crippen molar-refractivity contribution in [3.63, 3.8) is 0 Å². The molecule has 108 valence electrons. The first-order chi connectivity index (χ1) is 10.2. The van der Waals surface area contributed by atoms with Gasteiger partial charge in [0.2, 0.25) is 0 Å². The lowest BCUT2D eigenvalue weighted by Crippen LogP contribution is -2.04. The summed E-state index contributed by atoms with van der Waals surface area (Å²) in [7, 11) is 1.95. The molecule has 21 heavy (non-hydrogen) atoms. The van der Waals surface area contributed by atoms with Crippen LogP contribution in [-0.2, 0) is 13.1 Å². The maximum Gasteiger partial charge on any atom is 0.123 e. The highest BCUT2D eigenvalue weighted by Crippen LogP contribution is 2.23. The molecule has 0 saturated carbocycles. The fraction of sp³-hybridized carbons (Fsp3) is 0.222. The second kappa shape index (κ2) is 5.70. The van der Waals surface area contributed by atoms with Crippen LogP contribution in [0.25, 0.3) is 10.9 Å². The van der Waals surface area contributed by atoms with Crippen molar-refractivity contribution in [2.24, 2.45) is 0 Å². The van der Waals surface area contributed by atoms with Crippen LogP contribution in [-0.4, -0.2) is 11.6 Å². The summed E-state index contributed by atoms with van der Waals surface area (Å²) < 4.78 is 15.7. The Hall–Kier alpha value is -2.13. The molecule has 2 aromatic carbocycles. The molecule has 3 heteroatoms. The maximum atomic E-state index is 13.5. The zero-order valence-corrected chi connectivity index (χ0v) is 12.4. The number of fused-ring (bicyclic) bond motifs is 1. The molecule has 0 aliphatic rings. The average molecular weight is 282 g/mol. The Morgan fingerprint density at radius 3 is 2.71 bits per heavy atom. The van der Waals surface area contributed by atoms with Gasteiger partial charge in [-0.25, -0.2) is 4.39 Å². The number of benzene rings is 2. The first kappa shape index (κ1) is 13.8. The molecule has 1 aromatic heterocycles. The summed E-state index contributed by atoms with van der Waals surface area (Å²) in [5.41, 5.74) is 4.59. The Bertz CT molecular complexity index is 774. The van der Waals surface area contributed by atoms with E-state index in [0.717, 1.165) is 17.7 Å². The number of rotatable bonds is 4. The van der Waals surface area contributed by atoms with E-state index < -0.39 is 0 Å². The number of hydrogen-bond acceptors (Lipinski definition) is 1. The Kier molecular flexibility index (Phi) is 3.76. The standard InChI is InChI=1S/C18H19FN2/c1-13-7-8-16(19)9-14(13)11-21-12-15(10-20-2)17-5-3-4-6-18(17)21/h3-9,12,20H,10-11H2,1-2H3. The van der Waals surface area contributed by atoms with E-state index in [-0.39, 0.29) is 5.82 Å². The summed E-state index contributed by atoms with van der Waals surface area (Å²) >= 11 is 0. The third-order valence-electron chi connectivity index (χ3n) is 3.89. The molecule has 0 unspecified atom stereocenters. The van der Waals surface area contributed by atoms with Crippen molar-refractivity contribution < 1.29 is 4.39 Å². The monoisotopic (exact) mass is 282 g/mol. The largest absolute Gasteiger partial charge is 0.343 e. The number of nitrogens with zero attached hydrogens (tertiary/aromatic N) is 1. The van der Waals surface area contributed by atoms with E-state index in [1.54, 1.807) is 6.07 Å². The van der Waals surface area contributed by atoms with Crippen LogP contribution >= 0.6 is 0 Å². The number of para-hydroxylation sites is 1. The summed E-state index contributed by atoms with van der Waals surface area (Å²) in [6.45, 7) is 3.54. The van der Waals surface area contributed by atoms with Crippen molar-refractivity contribution in [3.8, 4) is 0 Å². The topological polar surface area (TPSA) is 17.0 Å². The summed E-state index contributed by atoms with van der Waals surface area (Å²) in [5.74, 6) is -0.178. The third kappa shape index (κ3) is 2.69. The van der Waals surface area contributed by atoms with E-state index in [4.69, 9.17) is 0 Å². The minimum absolute atomic E-state index is 0.178. The van der Waals surface area contributed by atoms with Gasteiger partial charge < -0.3 is 9.88 Å². The van der Waals surface area contributed by atoms with Gasteiger partial charge in [0, 0.05) is 30.2 Å². The Morgan fingerprint density at radius 2 is 1.90 bits per heavy atom. The normalized spacial score (nSPS) is 11.2. The second-order valence-corrected chi connectivity index (χ2v) is 5.40. The van der Waals surface area contributed by atoms with Crippen LogP contribution in [0.3, 0.4) is 0 Å². The minimum Gasteiger partial charge on any atom is -0.343 e. The van der Waals surface area contributed by atoms with Crippen molar-refractivity contribution in [2.75, 3.05) is 7.05 Å². The zero-order valence-electron chi connectivity index (χ0n) is 12.4. The lowest BCUT2D eigenvalue weighted by molar-refractivity contribution is 0.623. The van der Waals surface area contributed by atoms with Gasteiger partial charge in [0.15, 0.2) is 0 Å². The Morgan fingerprint density at radius 1 is 1.10 bits per heavy atom. The van der Waals surface area contributed by atoms with E-state index >= 15 is 0 Å². The lowest BCUT2D eigenvalue weighted by Gasteiger charge is -2.09. The molecular weight excluding hydrogens is 263 g/mol. The predicted molar refractivity (Wildman–Crippen MR) is 84.9 cm³/mol. The van der Waals surface area contributed by atoms with Gasteiger partial charge in [-0.1, -0.05) is 24.3 Å². The van der Waals surface area contributed by atoms with Gasteiger partial charge in [0.25, 0.3) is 0 Å². The van der Waals surface area contributed by atoms with Gasteiger partial charge in [-0.05, 0) is 48.9 Å². The molecule has 0 atom stereocenters. The molecule has 0 bridgehead atoms. The number of aryl methyl sites for hydroxylation is 1. The minimum atomic E-state index is -0.178. The second-order valence-electron chi connectivity index (χ2n) is 5.40. The van der Waals surface area contributed by atoms with Crippen LogP contribution in [0.1, 0.15) is 16.7 Å². The highest BCUT2D eigenvalue weighted by atomic mass is 19.1. The van der Waals surface area contributed by atoms with E-state index in [1.807, 2.05) is 26.1 Å². The predicted octanol–water partition coefficient (Wildman–Crippen LogP) is 3.86. The molecule has 3 aromatic rings. The van der Waals surface area contributed by atoms with Gasteiger partial charge in [-0.2, -0.15) is 0 Å². The van der Waals surface area contributed by atoms with Crippen molar-refractivity contribution >= 4 is 10.9 Å². The lowest BCUT2D eigenvalue weighted by atomic mass is 10.1. The summed E-state index contributed by atoms with van der Waals surface area (Å²) in [6.07, 6.45) is 2.16.